The van der Waals surface area contributed by atoms with Gasteiger partial charge in [0, 0.05) is 23.1 Å². The van der Waals surface area contributed by atoms with Crippen molar-refractivity contribution < 1.29 is 4.39 Å². The second-order valence-corrected chi connectivity index (χ2v) is 5.02. The average Bonchev–Trinajstić information content (AvgIpc) is 2.72. The lowest BCUT2D eigenvalue weighted by atomic mass is 10.2. The normalized spacial score (nSPS) is 12.6. The number of aromatic nitrogens is 4. The second-order valence-electron chi connectivity index (χ2n) is 3.93. The minimum absolute atomic E-state index is 0.0810. The van der Waals surface area contributed by atoms with Gasteiger partial charge in [0.05, 0.1) is 7.05 Å². The first kappa shape index (κ1) is 13.0. The van der Waals surface area contributed by atoms with E-state index in [4.69, 9.17) is 5.73 Å². The molecule has 0 fully saturated rings. The summed E-state index contributed by atoms with van der Waals surface area (Å²) in [5, 5.41) is 11.7. The highest BCUT2D eigenvalue weighted by atomic mass is 32.2. The molecule has 7 heteroatoms. The molecule has 0 bridgehead atoms. The van der Waals surface area contributed by atoms with Crippen LogP contribution in [0.25, 0.3) is 0 Å². The molecule has 18 heavy (non-hydrogen) atoms. The number of halogens is 1. The van der Waals surface area contributed by atoms with Gasteiger partial charge in [0.15, 0.2) is 5.82 Å². The Kier molecular flexibility index (Phi) is 4.27. The van der Waals surface area contributed by atoms with Gasteiger partial charge < -0.3 is 5.73 Å². The van der Waals surface area contributed by atoms with Crippen LogP contribution in [0.5, 0.6) is 0 Å². The van der Waals surface area contributed by atoms with Gasteiger partial charge in [0.2, 0.25) is 0 Å². The Balaban J connectivity index is 1.83. The summed E-state index contributed by atoms with van der Waals surface area (Å²) in [4.78, 5) is 2.28. The number of nitrogens with two attached hydrogens (primary N) is 1. The van der Waals surface area contributed by atoms with Gasteiger partial charge in [-0.3, -0.25) is 0 Å². The molecule has 2 aromatic rings. The molecule has 5 nitrogen and oxygen atoms in total. The van der Waals surface area contributed by atoms with Crippen molar-refractivity contribution in [2.75, 3.05) is 5.75 Å². The van der Waals surface area contributed by atoms with Crippen molar-refractivity contribution >= 4 is 11.8 Å². The molecule has 96 valence electrons. The number of tetrazole rings is 1. The number of hydrogen-bond acceptors (Lipinski definition) is 5. The maximum Gasteiger partial charge on any atom is 0.176 e. The number of thioether (sulfide) groups is 1. The van der Waals surface area contributed by atoms with Gasteiger partial charge in [-0.2, -0.15) is 4.80 Å². The molecular formula is C11H14FN5S. The maximum absolute atomic E-state index is 13.0. The summed E-state index contributed by atoms with van der Waals surface area (Å²) in [6.45, 7) is 0. The smallest absolute Gasteiger partial charge is 0.176 e. The molecule has 1 aromatic carbocycles. The number of hydrogen-bond donors (Lipinski definition) is 1. The van der Waals surface area contributed by atoms with Crippen LogP contribution in [0, 0.1) is 5.82 Å². The molecule has 0 aliphatic carbocycles. The van der Waals surface area contributed by atoms with Crippen molar-refractivity contribution in [3.63, 3.8) is 0 Å². The van der Waals surface area contributed by atoms with Gasteiger partial charge in [0.1, 0.15) is 5.82 Å². The fraction of sp³-hybridized carbons (Fsp3) is 0.364. The number of nitrogens with zero attached hydrogens (tertiary/aromatic N) is 4. The first-order valence-corrected chi connectivity index (χ1v) is 6.49. The minimum Gasteiger partial charge on any atom is -0.327 e. The van der Waals surface area contributed by atoms with Crippen LogP contribution in [-0.4, -0.2) is 32.0 Å². The predicted molar refractivity (Wildman–Crippen MR) is 67.6 cm³/mol. The lowest BCUT2D eigenvalue weighted by Crippen LogP contribution is -2.26. The van der Waals surface area contributed by atoms with E-state index in [2.05, 4.69) is 15.4 Å². The lowest BCUT2D eigenvalue weighted by Gasteiger charge is -2.08. The molecular weight excluding hydrogens is 253 g/mol. The molecule has 0 saturated heterocycles. The molecule has 0 aliphatic heterocycles. The SMILES string of the molecule is Cn1nnc(CC(N)CSc2cccc(F)c2)n1. The van der Waals surface area contributed by atoms with Crippen LogP contribution in [0.15, 0.2) is 29.2 Å². The van der Waals surface area contributed by atoms with Crippen LogP contribution < -0.4 is 5.73 Å². The van der Waals surface area contributed by atoms with Gasteiger partial charge in [-0.1, -0.05) is 6.07 Å². The van der Waals surface area contributed by atoms with Gasteiger partial charge in [0.25, 0.3) is 0 Å². The van der Waals surface area contributed by atoms with Crippen LogP contribution in [0.4, 0.5) is 4.39 Å². The summed E-state index contributed by atoms with van der Waals surface area (Å²) >= 11 is 1.52. The topological polar surface area (TPSA) is 69.6 Å². The largest absolute Gasteiger partial charge is 0.327 e. The lowest BCUT2D eigenvalue weighted by molar-refractivity contribution is 0.623. The Bertz CT molecular complexity index is 516. The Morgan fingerprint density at radius 2 is 2.33 bits per heavy atom. The van der Waals surface area contributed by atoms with E-state index in [1.54, 1.807) is 13.1 Å². The summed E-state index contributed by atoms with van der Waals surface area (Å²) in [5.41, 5.74) is 5.97. The Hall–Kier alpha value is -1.47. The first-order valence-electron chi connectivity index (χ1n) is 5.50. The molecule has 0 spiro atoms. The molecule has 2 N–H and O–H groups in total. The third kappa shape index (κ3) is 3.78. The second kappa shape index (κ2) is 5.92. The van der Waals surface area contributed by atoms with Crippen LogP contribution in [0.3, 0.4) is 0 Å². The third-order valence-corrected chi connectivity index (χ3v) is 3.44. The highest BCUT2D eigenvalue weighted by Gasteiger charge is 2.09. The Morgan fingerprint density at radius 3 is 3.00 bits per heavy atom. The summed E-state index contributed by atoms with van der Waals surface area (Å²) < 4.78 is 13.0. The van der Waals surface area contributed by atoms with Crippen molar-refractivity contribution in [1.29, 1.82) is 0 Å². The summed E-state index contributed by atoms with van der Waals surface area (Å²) in [5.74, 6) is 1.08. The number of benzene rings is 1. The van der Waals surface area contributed by atoms with E-state index in [0.717, 1.165) is 4.90 Å². The molecule has 1 heterocycles. The summed E-state index contributed by atoms with van der Waals surface area (Å²) in [6, 6.07) is 6.39. The van der Waals surface area contributed by atoms with Crippen LogP contribution >= 0.6 is 11.8 Å². The van der Waals surface area contributed by atoms with E-state index in [9.17, 15) is 4.39 Å². The van der Waals surface area contributed by atoms with E-state index in [0.29, 0.717) is 18.0 Å². The van der Waals surface area contributed by atoms with Gasteiger partial charge in [-0.05, 0) is 23.4 Å². The molecule has 0 aliphatic rings. The average molecular weight is 267 g/mol. The number of rotatable bonds is 5. The Morgan fingerprint density at radius 1 is 1.50 bits per heavy atom. The van der Waals surface area contributed by atoms with Crippen LogP contribution in [-0.2, 0) is 13.5 Å². The monoisotopic (exact) mass is 267 g/mol. The molecule has 2 rings (SSSR count). The highest BCUT2D eigenvalue weighted by molar-refractivity contribution is 7.99. The fourth-order valence-electron chi connectivity index (χ4n) is 1.46. The quantitative estimate of drug-likeness (QED) is 0.819. The highest BCUT2D eigenvalue weighted by Crippen LogP contribution is 2.19. The van der Waals surface area contributed by atoms with E-state index in [-0.39, 0.29) is 11.9 Å². The predicted octanol–water partition coefficient (Wildman–Crippen LogP) is 1.01. The zero-order chi connectivity index (χ0) is 13.0. The summed E-state index contributed by atoms with van der Waals surface area (Å²) in [7, 11) is 1.71. The molecule has 1 atom stereocenters. The summed E-state index contributed by atoms with van der Waals surface area (Å²) in [6.07, 6.45) is 0.566. The molecule has 0 saturated carbocycles. The van der Waals surface area contributed by atoms with Crippen molar-refractivity contribution in [2.24, 2.45) is 12.8 Å². The molecule has 0 amide bonds. The van der Waals surface area contributed by atoms with E-state index >= 15 is 0 Å². The fourth-order valence-corrected chi connectivity index (χ4v) is 2.35. The molecule has 0 radical (unpaired) electrons. The van der Waals surface area contributed by atoms with E-state index in [1.807, 2.05) is 6.07 Å². The van der Waals surface area contributed by atoms with Crippen LogP contribution in [0.1, 0.15) is 5.82 Å². The zero-order valence-corrected chi connectivity index (χ0v) is 10.8. The van der Waals surface area contributed by atoms with E-state index in [1.165, 1.54) is 28.7 Å². The minimum atomic E-state index is -0.232. The van der Waals surface area contributed by atoms with Gasteiger partial charge >= 0.3 is 0 Å². The van der Waals surface area contributed by atoms with Crippen molar-refractivity contribution in [1.82, 2.24) is 20.2 Å². The maximum atomic E-state index is 13.0. The standard InChI is InChI=1S/C11H14FN5S/c1-17-15-11(14-16-17)6-9(13)7-18-10-4-2-3-8(12)5-10/h2-5,9H,6-7,13H2,1H3. The molecule has 1 unspecified atom stereocenters. The molecule has 1 aromatic heterocycles. The van der Waals surface area contributed by atoms with Gasteiger partial charge in [-0.25, -0.2) is 4.39 Å². The van der Waals surface area contributed by atoms with Crippen LogP contribution in [0.2, 0.25) is 0 Å². The first-order chi connectivity index (χ1) is 8.63. The van der Waals surface area contributed by atoms with Crippen molar-refractivity contribution in [3.05, 3.63) is 35.9 Å². The Labute approximate surface area is 109 Å². The third-order valence-electron chi connectivity index (χ3n) is 2.25. The van der Waals surface area contributed by atoms with Crippen molar-refractivity contribution in [2.45, 2.75) is 17.4 Å². The van der Waals surface area contributed by atoms with E-state index < -0.39 is 0 Å². The van der Waals surface area contributed by atoms with Crippen molar-refractivity contribution in [3.8, 4) is 0 Å². The van der Waals surface area contributed by atoms with Gasteiger partial charge in [-0.15, -0.1) is 22.0 Å². The zero-order valence-electron chi connectivity index (χ0n) is 9.95. The number of aryl methyl sites for hydroxylation is 1.